The molecule has 5 nitrogen and oxygen atoms in total. The van der Waals surface area contributed by atoms with E-state index >= 15 is 0 Å². The Hall–Kier alpha value is -2.04. The summed E-state index contributed by atoms with van der Waals surface area (Å²) in [5.41, 5.74) is 0.352. The minimum Gasteiger partial charge on any atom is -0.481 e. The lowest BCUT2D eigenvalue weighted by molar-refractivity contribution is -0.139. The molecule has 0 aliphatic heterocycles. The van der Waals surface area contributed by atoms with Crippen molar-refractivity contribution in [1.29, 1.82) is 0 Å². The van der Waals surface area contributed by atoms with Gasteiger partial charge in [0.25, 0.3) is 5.91 Å². The molecular formula is C18H25NO4. The maximum atomic E-state index is 12.6. The van der Waals surface area contributed by atoms with Crippen LogP contribution in [0.1, 0.15) is 51.0 Å². The van der Waals surface area contributed by atoms with Crippen LogP contribution in [0.2, 0.25) is 0 Å². The fourth-order valence-electron chi connectivity index (χ4n) is 3.19. The molecule has 0 radical (unpaired) electrons. The number of rotatable bonds is 7. The molecule has 1 saturated carbocycles. The molecule has 0 saturated heterocycles. The lowest BCUT2D eigenvalue weighted by Gasteiger charge is -2.31. The van der Waals surface area contributed by atoms with Gasteiger partial charge in [0.05, 0.1) is 12.0 Å². The van der Waals surface area contributed by atoms with Crippen molar-refractivity contribution in [2.75, 3.05) is 0 Å². The van der Waals surface area contributed by atoms with E-state index in [9.17, 15) is 9.59 Å². The van der Waals surface area contributed by atoms with E-state index in [0.29, 0.717) is 25.0 Å². The highest BCUT2D eigenvalue weighted by Gasteiger charge is 2.39. The summed E-state index contributed by atoms with van der Waals surface area (Å²) in [5.74, 6) is -0.410. The third-order valence-corrected chi connectivity index (χ3v) is 4.46. The fourth-order valence-corrected chi connectivity index (χ4v) is 3.19. The van der Waals surface area contributed by atoms with E-state index in [1.54, 1.807) is 0 Å². The summed E-state index contributed by atoms with van der Waals surface area (Å²) in [4.78, 5) is 23.7. The second-order valence-electron chi connectivity index (χ2n) is 6.33. The predicted octanol–water partition coefficient (Wildman–Crippen LogP) is 3.06. The number of hydrogen-bond acceptors (Lipinski definition) is 3. The second-order valence-corrected chi connectivity index (χ2v) is 6.33. The van der Waals surface area contributed by atoms with Gasteiger partial charge >= 0.3 is 5.97 Å². The number of para-hydroxylation sites is 1. The van der Waals surface area contributed by atoms with Crippen molar-refractivity contribution in [2.45, 2.75) is 64.0 Å². The second kappa shape index (κ2) is 7.49. The standard InChI is InChI=1S/C18H25NO4/c1-3-14(23-15-9-5-4-8-13(15)2)17(22)19-18(12-16(20)21)10-6-7-11-18/h4-5,8-9,14H,3,6-7,10-12H2,1-2H3,(H,19,22)(H,20,21). The number of nitrogens with one attached hydrogen (secondary N) is 1. The van der Waals surface area contributed by atoms with Crippen molar-refractivity contribution >= 4 is 11.9 Å². The number of ether oxygens (including phenoxy) is 1. The van der Waals surface area contributed by atoms with Gasteiger partial charge in [0.1, 0.15) is 5.75 Å². The van der Waals surface area contributed by atoms with E-state index in [-0.39, 0.29) is 12.3 Å². The summed E-state index contributed by atoms with van der Waals surface area (Å²) in [6.45, 7) is 3.82. The normalized spacial score (nSPS) is 17.5. The van der Waals surface area contributed by atoms with E-state index in [0.717, 1.165) is 18.4 Å². The van der Waals surface area contributed by atoms with E-state index in [1.807, 2.05) is 38.1 Å². The molecule has 1 aromatic carbocycles. The Bertz CT molecular complexity index is 564. The maximum absolute atomic E-state index is 12.6. The summed E-state index contributed by atoms with van der Waals surface area (Å²) in [6.07, 6.45) is 3.22. The van der Waals surface area contributed by atoms with Gasteiger partial charge in [-0.05, 0) is 37.8 Å². The topological polar surface area (TPSA) is 75.6 Å². The van der Waals surface area contributed by atoms with E-state index in [1.165, 1.54) is 0 Å². The number of benzene rings is 1. The number of carboxylic acids is 1. The Balaban J connectivity index is 2.07. The molecular weight excluding hydrogens is 294 g/mol. The summed E-state index contributed by atoms with van der Waals surface area (Å²) in [5, 5.41) is 12.1. The van der Waals surface area contributed by atoms with Crippen LogP contribution in [0.4, 0.5) is 0 Å². The Morgan fingerprint density at radius 2 is 1.96 bits per heavy atom. The molecule has 2 rings (SSSR count). The first-order chi connectivity index (χ1) is 11.0. The maximum Gasteiger partial charge on any atom is 0.305 e. The van der Waals surface area contributed by atoms with Crippen LogP contribution in [0.15, 0.2) is 24.3 Å². The molecule has 1 aromatic rings. The van der Waals surface area contributed by atoms with Crippen LogP contribution in [0.25, 0.3) is 0 Å². The molecule has 1 amide bonds. The van der Waals surface area contributed by atoms with Gasteiger partial charge in [-0.15, -0.1) is 0 Å². The third-order valence-electron chi connectivity index (χ3n) is 4.46. The van der Waals surface area contributed by atoms with E-state index in [2.05, 4.69) is 5.32 Å². The van der Waals surface area contributed by atoms with Crippen LogP contribution >= 0.6 is 0 Å². The number of aryl methyl sites for hydroxylation is 1. The summed E-state index contributed by atoms with van der Waals surface area (Å²) < 4.78 is 5.86. The van der Waals surface area contributed by atoms with Gasteiger partial charge in [-0.1, -0.05) is 38.0 Å². The molecule has 1 aliphatic carbocycles. The molecule has 5 heteroatoms. The molecule has 23 heavy (non-hydrogen) atoms. The van der Waals surface area contributed by atoms with Crippen molar-refractivity contribution in [3.8, 4) is 5.75 Å². The highest BCUT2D eigenvalue weighted by molar-refractivity contribution is 5.83. The average molecular weight is 319 g/mol. The predicted molar refractivity (Wildman–Crippen MR) is 87.5 cm³/mol. The molecule has 0 aromatic heterocycles. The Kier molecular flexibility index (Phi) is 5.64. The molecule has 126 valence electrons. The van der Waals surface area contributed by atoms with Crippen LogP contribution in [-0.2, 0) is 9.59 Å². The molecule has 0 spiro atoms. The minimum absolute atomic E-state index is 0.0282. The largest absolute Gasteiger partial charge is 0.481 e. The van der Waals surface area contributed by atoms with Gasteiger partial charge in [-0.25, -0.2) is 0 Å². The monoisotopic (exact) mass is 319 g/mol. The number of carbonyl (C=O) groups excluding carboxylic acids is 1. The van der Waals surface area contributed by atoms with Crippen LogP contribution in [0, 0.1) is 6.92 Å². The van der Waals surface area contributed by atoms with Gasteiger partial charge in [-0.3, -0.25) is 9.59 Å². The summed E-state index contributed by atoms with van der Waals surface area (Å²) >= 11 is 0. The first-order valence-corrected chi connectivity index (χ1v) is 8.22. The van der Waals surface area contributed by atoms with Gasteiger partial charge < -0.3 is 15.2 Å². The van der Waals surface area contributed by atoms with Crippen LogP contribution in [0.5, 0.6) is 5.75 Å². The zero-order valence-corrected chi connectivity index (χ0v) is 13.8. The number of carbonyl (C=O) groups is 2. The van der Waals surface area contributed by atoms with Gasteiger partial charge in [0.2, 0.25) is 0 Å². The van der Waals surface area contributed by atoms with E-state index in [4.69, 9.17) is 9.84 Å². The van der Waals surface area contributed by atoms with Gasteiger partial charge in [0.15, 0.2) is 6.10 Å². The molecule has 0 bridgehead atoms. The Morgan fingerprint density at radius 3 is 2.52 bits per heavy atom. The van der Waals surface area contributed by atoms with Crippen molar-refractivity contribution in [3.05, 3.63) is 29.8 Å². The number of amides is 1. The summed E-state index contributed by atoms with van der Waals surface area (Å²) in [7, 11) is 0. The van der Waals surface area contributed by atoms with Crippen LogP contribution < -0.4 is 10.1 Å². The minimum atomic E-state index is -0.875. The fraction of sp³-hybridized carbons (Fsp3) is 0.556. The highest BCUT2D eigenvalue weighted by Crippen LogP contribution is 2.33. The van der Waals surface area contributed by atoms with Crippen LogP contribution in [-0.4, -0.2) is 28.6 Å². The molecule has 1 unspecified atom stereocenters. The molecule has 0 heterocycles. The first-order valence-electron chi connectivity index (χ1n) is 8.22. The number of aliphatic carboxylic acids is 1. The number of carboxylic acid groups (broad SMARTS) is 1. The Labute approximate surface area is 137 Å². The van der Waals surface area contributed by atoms with E-state index < -0.39 is 17.6 Å². The molecule has 1 fully saturated rings. The lowest BCUT2D eigenvalue weighted by atomic mass is 9.92. The average Bonchev–Trinajstić information content (AvgIpc) is 2.93. The smallest absolute Gasteiger partial charge is 0.305 e. The third kappa shape index (κ3) is 4.47. The first kappa shape index (κ1) is 17.3. The Morgan fingerprint density at radius 1 is 1.30 bits per heavy atom. The SMILES string of the molecule is CCC(Oc1ccccc1C)C(=O)NC1(CC(=O)O)CCCC1. The van der Waals surface area contributed by atoms with Crippen LogP contribution in [0.3, 0.4) is 0 Å². The highest BCUT2D eigenvalue weighted by atomic mass is 16.5. The quantitative estimate of drug-likeness (QED) is 0.810. The van der Waals surface area contributed by atoms with Crippen molar-refractivity contribution in [2.24, 2.45) is 0 Å². The number of hydrogen-bond donors (Lipinski definition) is 2. The van der Waals surface area contributed by atoms with Gasteiger partial charge in [0, 0.05) is 0 Å². The van der Waals surface area contributed by atoms with Gasteiger partial charge in [-0.2, -0.15) is 0 Å². The van der Waals surface area contributed by atoms with Crippen molar-refractivity contribution < 1.29 is 19.4 Å². The molecule has 1 aliphatic rings. The molecule has 1 atom stereocenters. The zero-order valence-electron chi connectivity index (χ0n) is 13.8. The van der Waals surface area contributed by atoms with Crippen molar-refractivity contribution in [3.63, 3.8) is 0 Å². The zero-order chi connectivity index (χ0) is 16.9. The summed E-state index contributed by atoms with van der Waals surface area (Å²) in [6, 6.07) is 7.57. The lowest BCUT2D eigenvalue weighted by Crippen LogP contribution is -2.52. The van der Waals surface area contributed by atoms with Crippen molar-refractivity contribution in [1.82, 2.24) is 5.32 Å². The molecule has 2 N–H and O–H groups in total.